The molecule has 0 N–H and O–H groups in total. The summed E-state index contributed by atoms with van der Waals surface area (Å²) in [6.45, 7) is 1.79. The number of fused-ring (bicyclic) bond motifs is 1. The number of sulfonamides is 1. The summed E-state index contributed by atoms with van der Waals surface area (Å²) in [6, 6.07) is 15.2. The smallest absolute Gasteiger partial charge is 0.243 e. The van der Waals surface area contributed by atoms with E-state index in [2.05, 4.69) is 0 Å². The van der Waals surface area contributed by atoms with Gasteiger partial charge in [0.05, 0.1) is 10.9 Å². The molecule has 2 aromatic carbocycles. The maximum atomic E-state index is 12.7. The van der Waals surface area contributed by atoms with E-state index in [1.165, 1.54) is 23.5 Å². The van der Waals surface area contributed by atoms with Crippen molar-refractivity contribution in [3.8, 4) is 0 Å². The molecule has 1 aromatic heterocycles. The number of para-hydroxylation sites is 1. The van der Waals surface area contributed by atoms with Crippen LogP contribution < -0.4 is 0 Å². The van der Waals surface area contributed by atoms with Gasteiger partial charge in [0.1, 0.15) is 11.3 Å². The largest absolute Gasteiger partial charge is 0.459 e. The number of nitrogens with zero attached hydrogens (tertiary/aromatic N) is 1. The number of halogens is 1. The Bertz CT molecular complexity index is 916. The van der Waals surface area contributed by atoms with Gasteiger partial charge in [0.15, 0.2) is 0 Å². The topological polar surface area (TPSA) is 50.5 Å². The zero-order valence-electron chi connectivity index (χ0n) is 12.7. The van der Waals surface area contributed by atoms with Crippen LogP contribution in [0.5, 0.6) is 0 Å². The van der Waals surface area contributed by atoms with Crippen LogP contribution in [0.3, 0.4) is 0 Å². The average molecular weight is 350 g/mol. The van der Waals surface area contributed by atoms with Crippen LogP contribution in [0.2, 0.25) is 5.02 Å². The summed E-state index contributed by atoms with van der Waals surface area (Å²) in [5, 5.41) is 1.33. The van der Waals surface area contributed by atoms with Gasteiger partial charge in [-0.1, -0.05) is 35.9 Å². The lowest BCUT2D eigenvalue weighted by molar-refractivity contribution is 0.348. The van der Waals surface area contributed by atoms with Gasteiger partial charge >= 0.3 is 0 Å². The molecule has 0 saturated heterocycles. The third-order valence-electron chi connectivity index (χ3n) is 3.87. The molecular weight excluding hydrogens is 334 g/mol. The number of hydrogen-bond donors (Lipinski definition) is 0. The van der Waals surface area contributed by atoms with Gasteiger partial charge in [-0.25, -0.2) is 8.42 Å². The Hall–Kier alpha value is -1.82. The molecule has 1 atom stereocenters. The van der Waals surface area contributed by atoms with Crippen LogP contribution in [0.15, 0.2) is 63.9 Å². The van der Waals surface area contributed by atoms with E-state index in [9.17, 15) is 8.42 Å². The van der Waals surface area contributed by atoms with Crippen molar-refractivity contribution in [3.05, 3.63) is 65.4 Å². The highest BCUT2D eigenvalue weighted by atomic mass is 35.5. The zero-order chi connectivity index (χ0) is 16.6. The SMILES string of the molecule is CC(c1cc2ccccc2o1)N(C)S(=O)(=O)c1cccc(Cl)c1. The van der Waals surface area contributed by atoms with E-state index in [-0.39, 0.29) is 4.90 Å². The lowest BCUT2D eigenvalue weighted by Gasteiger charge is -2.22. The molecule has 120 valence electrons. The standard InChI is InChI=1S/C17H16ClNO3S/c1-12(17-10-13-6-3-4-9-16(13)22-17)19(2)23(20,21)15-8-5-7-14(18)11-15/h3-12H,1-2H3. The second-order valence-corrected chi connectivity index (χ2v) is 7.78. The predicted molar refractivity (Wildman–Crippen MR) is 91.0 cm³/mol. The summed E-state index contributed by atoms with van der Waals surface area (Å²) in [5.74, 6) is 0.597. The van der Waals surface area contributed by atoms with Crippen molar-refractivity contribution in [3.63, 3.8) is 0 Å². The van der Waals surface area contributed by atoms with Crippen molar-refractivity contribution in [2.45, 2.75) is 17.9 Å². The summed E-state index contributed by atoms with van der Waals surface area (Å²) in [4.78, 5) is 0.162. The number of rotatable bonds is 4. The number of furan rings is 1. The number of hydrogen-bond acceptors (Lipinski definition) is 3. The monoisotopic (exact) mass is 349 g/mol. The maximum absolute atomic E-state index is 12.7. The molecule has 4 nitrogen and oxygen atoms in total. The Kier molecular flexibility index (Phi) is 4.19. The molecule has 6 heteroatoms. The summed E-state index contributed by atoms with van der Waals surface area (Å²) in [6.07, 6.45) is 0. The quantitative estimate of drug-likeness (QED) is 0.698. The Morgan fingerprint density at radius 3 is 2.52 bits per heavy atom. The Morgan fingerprint density at radius 2 is 1.83 bits per heavy atom. The maximum Gasteiger partial charge on any atom is 0.243 e. The molecule has 0 amide bonds. The van der Waals surface area contributed by atoms with Crippen LogP contribution in [-0.4, -0.2) is 19.8 Å². The lowest BCUT2D eigenvalue weighted by Crippen LogP contribution is -2.29. The molecule has 0 spiro atoms. The minimum atomic E-state index is -3.66. The second kappa shape index (κ2) is 6.00. The van der Waals surface area contributed by atoms with Crippen molar-refractivity contribution < 1.29 is 12.8 Å². The highest BCUT2D eigenvalue weighted by Crippen LogP contribution is 2.30. The molecule has 0 aliphatic rings. The molecule has 3 rings (SSSR count). The van der Waals surface area contributed by atoms with Gasteiger partial charge in [0.2, 0.25) is 10.0 Å². The van der Waals surface area contributed by atoms with Crippen LogP contribution >= 0.6 is 11.6 Å². The lowest BCUT2D eigenvalue weighted by atomic mass is 10.2. The van der Waals surface area contributed by atoms with Crippen molar-refractivity contribution in [1.29, 1.82) is 0 Å². The van der Waals surface area contributed by atoms with Crippen molar-refractivity contribution in [1.82, 2.24) is 4.31 Å². The second-order valence-electron chi connectivity index (χ2n) is 5.34. The van der Waals surface area contributed by atoms with Crippen molar-refractivity contribution in [2.24, 2.45) is 0 Å². The van der Waals surface area contributed by atoms with E-state index >= 15 is 0 Å². The van der Waals surface area contributed by atoms with Crippen LogP contribution in [0.25, 0.3) is 11.0 Å². The van der Waals surface area contributed by atoms with E-state index in [1.807, 2.05) is 30.3 Å². The van der Waals surface area contributed by atoms with E-state index in [1.54, 1.807) is 19.1 Å². The molecule has 0 fully saturated rings. The van der Waals surface area contributed by atoms with Crippen molar-refractivity contribution in [2.75, 3.05) is 7.05 Å². The van der Waals surface area contributed by atoms with Gasteiger partial charge < -0.3 is 4.42 Å². The third kappa shape index (κ3) is 3.00. The van der Waals surface area contributed by atoms with Gasteiger partial charge in [-0.05, 0) is 37.3 Å². The molecule has 0 saturated carbocycles. The molecule has 1 heterocycles. The van der Waals surface area contributed by atoms with Gasteiger partial charge in [-0.15, -0.1) is 0 Å². The first-order valence-corrected chi connectivity index (χ1v) is 8.93. The Morgan fingerprint density at radius 1 is 1.09 bits per heavy atom. The van der Waals surface area contributed by atoms with E-state index in [4.69, 9.17) is 16.0 Å². The fraction of sp³-hybridized carbons (Fsp3) is 0.176. The number of benzene rings is 2. The zero-order valence-corrected chi connectivity index (χ0v) is 14.3. The van der Waals surface area contributed by atoms with Crippen LogP contribution in [-0.2, 0) is 10.0 Å². The summed E-state index contributed by atoms with van der Waals surface area (Å²) >= 11 is 5.90. The molecule has 0 aliphatic heterocycles. The molecule has 0 radical (unpaired) electrons. The molecule has 1 unspecified atom stereocenters. The van der Waals surface area contributed by atoms with Crippen LogP contribution in [0, 0.1) is 0 Å². The average Bonchev–Trinajstić information content (AvgIpc) is 2.97. The van der Waals surface area contributed by atoms with Crippen LogP contribution in [0.1, 0.15) is 18.7 Å². The highest BCUT2D eigenvalue weighted by molar-refractivity contribution is 7.89. The normalized spacial score (nSPS) is 13.6. The van der Waals surface area contributed by atoms with E-state index in [0.29, 0.717) is 10.8 Å². The molecule has 23 heavy (non-hydrogen) atoms. The minimum Gasteiger partial charge on any atom is -0.459 e. The summed E-state index contributed by atoms with van der Waals surface area (Å²) in [7, 11) is -2.12. The fourth-order valence-corrected chi connectivity index (χ4v) is 4.02. The first-order valence-electron chi connectivity index (χ1n) is 7.11. The van der Waals surface area contributed by atoms with E-state index in [0.717, 1.165) is 11.0 Å². The molecule has 3 aromatic rings. The highest BCUT2D eigenvalue weighted by Gasteiger charge is 2.28. The van der Waals surface area contributed by atoms with Crippen molar-refractivity contribution >= 4 is 32.6 Å². The van der Waals surface area contributed by atoms with Gasteiger partial charge in [0.25, 0.3) is 0 Å². The molecule has 0 aliphatic carbocycles. The molecule has 0 bridgehead atoms. The fourth-order valence-electron chi connectivity index (χ4n) is 2.39. The van der Waals surface area contributed by atoms with Gasteiger partial charge in [-0.3, -0.25) is 0 Å². The first-order chi connectivity index (χ1) is 10.9. The van der Waals surface area contributed by atoms with Gasteiger partial charge in [-0.2, -0.15) is 4.31 Å². The third-order valence-corrected chi connectivity index (χ3v) is 6.03. The summed E-state index contributed by atoms with van der Waals surface area (Å²) < 4.78 is 32.5. The van der Waals surface area contributed by atoms with Crippen LogP contribution in [0.4, 0.5) is 0 Å². The molecular formula is C17H16ClNO3S. The van der Waals surface area contributed by atoms with E-state index < -0.39 is 16.1 Å². The first kappa shape index (κ1) is 16.1. The predicted octanol–water partition coefficient (Wildman–Crippen LogP) is 4.47. The summed E-state index contributed by atoms with van der Waals surface area (Å²) in [5.41, 5.74) is 0.739. The Labute approximate surface area is 140 Å². The van der Waals surface area contributed by atoms with Gasteiger partial charge in [0, 0.05) is 17.5 Å². The Balaban J connectivity index is 1.96. The minimum absolute atomic E-state index is 0.162.